The van der Waals surface area contributed by atoms with E-state index in [-0.39, 0.29) is 30.8 Å². The molecule has 0 aliphatic rings. The monoisotopic (exact) mass is 450 g/mol. The number of benzene rings is 2. The first kappa shape index (κ1) is 24.0. The van der Waals surface area contributed by atoms with E-state index < -0.39 is 11.2 Å². The Kier molecular flexibility index (Phi) is 7.82. The molecular formula is C25H30N4O4. The van der Waals surface area contributed by atoms with Crippen LogP contribution in [0, 0.1) is 0 Å². The van der Waals surface area contributed by atoms with Crippen molar-refractivity contribution in [2.24, 2.45) is 0 Å². The highest BCUT2D eigenvalue weighted by atomic mass is 16.2. The van der Waals surface area contributed by atoms with Crippen molar-refractivity contribution in [1.29, 1.82) is 0 Å². The van der Waals surface area contributed by atoms with Crippen LogP contribution in [0.2, 0.25) is 0 Å². The number of rotatable bonds is 9. The molecule has 1 unspecified atom stereocenters. The smallest absolute Gasteiger partial charge is 0.336 e. The molecule has 1 atom stereocenters. The van der Waals surface area contributed by atoms with Gasteiger partial charge in [-0.3, -0.25) is 19.0 Å². The SMILES string of the molecule is CCCNC(=O)Cc1ccc(-n2c(=O)c3ccccc3n(CC(=O)NC(C)CC)c2=O)cc1. The standard InChI is InChI=1S/C25H30N4O4/c1-4-14-26-22(30)15-18-10-12-19(13-11-18)29-24(32)20-8-6-7-9-21(20)28(25(29)33)16-23(31)27-17(3)5-2/h6-13,17H,4-5,14-16H2,1-3H3,(H,26,30)(H,27,31). The summed E-state index contributed by atoms with van der Waals surface area (Å²) in [5.74, 6) is -0.377. The van der Waals surface area contributed by atoms with Crippen molar-refractivity contribution in [3.05, 3.63) is 74.9 Å². The van der Waals surface area contributed by atoms with Crippen molar-refractivity contribution in [1.82, 2.24) is 19.8 Å². The summed E-state index contributed by atoms with van der Waals surface area (Å²) in [6, 6.07) is 13.5. The molecule has 0 radical (unpaired) electrons. The Bertz CT molecular complexity index is 1260. The lowest BCUT2D eigenvalue weighted by atomic mass is 10.1. The van der Waals surface area contributed by atoms with Crippen LogP contribution >= 0.6 is 0 Å². The molecule has 3 aromatic rings. The fraction of sp³-hybridized carbons (Fsp3) is 0.360. The second-order valence-electron chi connectivity index (χ2n) is 8.10. The topological polar surface area (TPSA) is 102 Å². The van der Waals surface area contributed by atoms with Gasteiger partial charge in [0.05, 0.1) is 23.0 Å². The van der Waals surface area contributed by atoms with Crippen molar-refractivity contribution in [3.8, 4) is 5.69 Å². The van der Waals surface area contributed by atoms with Crippen molar-refractivity contribution in [3.63, 3.8) is 0 Å². The third-order valence-electron chi connectivity index (χ3n) is 5.50. The van der Waals surface area contributed by atoms with Crippen LogP contribution in [-0.4, -0.2) is 33.5 Å². The van der Waals surface area contributed by atoms with E-state index in [2.05, 4.69) is 10.6 Å². The lowest BCUT2D eigenvalue weighted by Crippen LogP contribution is -2.43. The molecule has 3 rings (SSSR count). The van der Waals surface area contributed by atoms with Crippen LogP contribution in [0.15, 0.2) is 58.1 Å². The Hall–Kier alpha value is -3.68. The average Bonchev–Trinajstić information content (AvgIpc) is 2.81. The minimum atomic E-state index is -0.591. The second kappa shape index (κ2) is 10.8. The third kappa shape index (κ3) is 5.58. The highest BCUT2D eigenvalue weighted by Crippen LogP contribution is 2.12. The minimum absolute atomic E-state index is 0.0209. The minimum Gasteiger partial charge on any atom is -0.356 e. The number of nitrogens with one attached hydrogen (secondary N) is 2. The molecule has 0 bridgehead atoms. The molecular weight excluding hydrogens is 420 g/mol. The van der Waals surface area contributed by atoms with Gasteiger partial charge in [0.25, 0.3) is 5.56 Å². The van der Waals surface area contributed by atoms with Crippen LogP contribution in [0.3, 0.4) is 0 Å². The number of fused-ring (bicyclic) bond motifs is 1. The van der Waals surface area contributed by atoms with Gasteiger partial charge in [0.2, 0.25) is 11.8 Å². The molecule has 2 N–H and O–H groups in total. The highest BCUT2D eigenvalue weighted by molar-refractivity contribution is 5.82. The Balaban J connectivity index is 2.01. The quantitative estimate of drug-likeness (QED) is 0.521. The molecule has 33 heavy (non-hydrogen) atoms. The van der Waals surface area contributed by atoms with Gasteiger partial charge in [0, 0.05) is 12.6 Å². The average molecular weight is 451 g/mol. The van der Waals surface area contributed by atoms with E-state index in [1.54, 1.807) is 48.5 Å². The van der Waals surface area contributed by atoms with Crippen LogP contribution in [-0.2, 0) is 22.6 Å². The molecule has 1 heterocycles. The van der Waals surface area contributed by atoms with Gasteiger partial charge in [0.1, 0.15) is 6.54 Å². The van der Waals surface area contributed by atoms with E-state index >= 15 is 0 Å². The first-order chi connectivity index (χ1) is 15.8. The van der Waals surface area contributed by atoms with Gasteiger partial charge in [-0.1, -0.05) is 38.1 Å². The molecule has 2 aromatic carbocycles. The van der Waals surface area contributed by atoms with Crippen molar-refractivity contribution < 1.29 is 9.59 Å². The van der Waals surface area contributed by atoms with E-state index in [0.717, 1.165) is 23.0 Å². The molecule has 0 aliphatic heterocycles. The summed E-state index contributed by atoms with van der Waals surface area (Å²) in [5.41, 5.74) is 0.514. The summed E-state index contributed by atoms with van der Waals surface area (Å²) in [6.07, 6.45) is 1.84. The lowest BCUT2D eigenvalue weighted by molar-refractivity contribution is -0.122. The second-order valence-corrected chi connectivity index (χ2v) is 8.10. The number of aromatic nitrogens is 2. The molecule has 0 spiro atoms. The molecule has 0 saturated heterocycles. The first-order valence-corrected chi connectivity index (χ1v) is 11.3. The molecule has 0 aliphatic carbocycles. The van der Waals surface area contributed by atoms with Gasteiger partial charge in [-0.2, -0.15) is 0 Å². The van der Waals surface area contributed by atoms with E-state index in [1.165, 1.54) is 4.57 Å². The van der Waals surface area contributed by atoms with Crippen LogP contribution in [0.25, 0.3) is 16.6 Å². The molecule has 1 aromatic heterocycles. The molecule has 0 saturated carbocycles. The highest BCUT2D eigenvalue weighted by Gasteiger charge is 2.17. The molecule has 8 nitrogen and oxygen atoms in total. The molecule has 2 amide bonds. The number of hydrogen-bond donors (Lipinski definition) is 2. The summed E-state index contributed by atoms with van der Waals surface area (Å²) < 4.78 is 2.39. The Morgan fingerprint density at radius 3 is 2.33 bits per heavy atom. The maximum atomic E-state index is 13.4. The number of carbonyl (C=O) groups excluding carboxylic acids is 2. The zero-order valence-electron chi connectivity index (χ0n) is 19.3. The van der Waals surface area contributed by atoms with Gasteiger partial charge in [0.15, 0.2) is 0 Å². The van der Waals surface area contributed by atoms with E-state index in [4.69, 9.17) is 0 Å². The van der Waals surface area contributed by atoms with Crippen LogP contribution < -0.4 is 21.9 Å². The summed E-state index contributed by atoms with van der Waals surface area (Å²) in [6.45, 7) is 6.26. The summed E-state index contributed by atoms with van der Waals surface area (Å²) in [4.78, 5) is 51.0. The van der Waals surface area contributed by atoms with Gasteiger partial charge >= 0.3 is 5.69 Å². The molecule has 8 heteroatoms. The van der Waals surface area contributed by atoms with E-state index in [0.29, 0.717) is 23.1 Å². The van der Waals surface area contributed by atoms with E-state index in [9.17, 15) is 19.2 Å². The zero-order valence-corrected chi connectivity index (χ0v) is 19.3. The van der Waals surface area contributed by atoms with Gasteiger partial charge in [-0.05, 0) is 49.6 Å². The number of para-hydroxylation sites is 1. The first-order valence-electron chi connectivity index (χ1n) is 11.3. The Morgan fingerprint density at radius 2 is 1.67 bits per heavy atom. The van der Waals surface area contributed by atoms with Crippen molar-refractivity contribution in [2.75, 3.05) is 6.54 Å². The fourth-order valence-corrected chi connectivity index (χ4v) is 3.54. The third-order valence-corrected chi connectivity index (χ3v) is 5.50. The molecule has 0 fully saturated rings. The predicted molar refractivity (Wildman–Crippen MR) is 129 cm³/mol. The molecule has 174 valence electrons. The van der Waals surface area contributed by atoms with Gasteiger partial charge < -0.3 is 10.6 Å². The van der Waals surface area contributed by atoms with E-state index in [1.807, 2.05) is 20.8 Å². The van der Waals surface area contributed by atoms with Crippen LogP contribution in [0.4, 0.5) is 0 Å². The Morgan fingerprint density at radius 1 is 0.970 bits per heavy atom. The van der Waals surface area contributed by atoms with Crippen LogP contribution in [0.1, 0.15) is 39.2 Å². The fourth-order valence-electron chi connectivity index (χ4n) is 3.54. The Labute approximate surface area is 192 Å². The number of hydrogen-bond acceptors (Lipinski definition) is 4. The largest absolute Gasteiger partial charge is 0.356 e. The number of amides is 2. The zero-order chi connectivity index (χ0) is 24.0. The summed E-state index contributed by atoms with van der Waals surface area (Å²) in [7, 11) is 0. The lowest BCUT2D eigenvalue weighted by Gasteiger charge is -2.16. The normalized spacial score (nSPS) is 11.8. The van der Waals surface area contributed by atoms with Crippen molar-refractivity contribution in [2.45, 2.75) is 52.6 Å². The maximum absolute atomic E-state index is 13.4. The summed E-state index contributed by atoms with van der Waals surface area (Å²) in [5, 5.41) is 6.03. The summed E-state index contributed by atoms with van der Waals surface area (Å²) >= 11 is 0. The maximum Gasteiger partial charge on any atom is 0.336 e. The van der Waals surface area contributed by atoms with Gasteiger partial charge in [-0.25, -0.2) is 9.36 Å². The number of nitrogens with zero attached hydrogens (tertiary/aromatic N) is 2. The van der Waals surface area contributed by atoms with Crippen LogP contribution in [0.5, 0.6) is 0 Å². The van der Waals surface area contributed by atoms with Gasteiger partial charge in [-0.15, -0.1) is 0 Å². The van der Waals surface area contributed by atoms with Crippen molar-refractivity contribution >= 4 is 22.7 Å². The predicted octanol–water partition coefficient (Wildman–Crippen LogP) is 2.14. The number of carbonyl (C=O) groups is 2.